The first-order chi connectivity index (χ1) is 12.7. The Morgan fingerprint density at radius 1 is 1.08 bits per heavy atom. The average Bonchev–Trinajstić information content (AvgIpc) is 3.19. The molecule has 7 heteroatoms. The van der Waals surface area contributed by atoms with Crippen LogP contribution in [-0.4, -0.2) is 47.0 Å². The number of rotatable bonds is 3. The molecule has 1 saturated heterocycles. The van der Waals surface area contributed by atoms with Crippen molar-refractivity contribution in [3.05, 3.63) is 65.6 Å². The van der Waals surface area contributed by atoms with Gasteiger partial charge < -0.3 is 9.80 Å². The number of carbonyl (C=O) groups excluding carboxylic acids is 1. The number of anilines is 1. The summed E-state index contributed by atoms with van der Waals surface area (Å²) in [5.41, 5.74) is 2.37. The van der Waals surface area contributed by atoms with E-state index in [1.165, 1.54) is 12.1 Å². The van der Waals surface area contributed by atoms with Crippen LogP contribution in [0.15, 0.2) is 54.2 Å². The third-order valence-corrected chi connectivity index (χ3v) is 5.28. The Hall–Kier alpha value is -2.80. The van der Waals surface area contributed by atoms with Crippen LogP contribution in [0.4, 0.5) is 9.52 Å². The maximum absolute atomic E-state index is 13.1. The zero-order valence-corrected chi connectivity index (χ0v) is 14.8. The van der Waals surface area contributed by atoms with E-state index >= 15 is 0 Å². The lowest BCUT2D eigenvalue weighted by Gasteiger charge is -2.34. The number of thiazole rings is 1. The Kier molecular flexibility index (Phi) is 4.62. The van der Waals surface area contributed by atoms with Crippen LogP contribution >= 0.6 is 11.3 Å². The molecule has 2 aromatic heterocycles. The molecule has 1 amide bonds. The first-order valence-electron chi connectivity index (χ1n) is 8.36. The molecule has 1 aromatic carbocycles. The van der Waals surface area contributed by atoms with Gasteiger partial charge in [-0.15, -0.1) is 11.3 Å². The minimum atomic E-state index is -0.251. The fourth-order valence-electron chi connectivity index (χ4n) is 2.94. The van der Waals surface area contributed by atoms with Crippen LogP contribution in [0.5, 0.6) is 0 Å². The van der Waals surface area contributed by atoms with E-state index in [0.29, 0.717) is 18.7 Å². The molecule has 0 saturated carbocycles. The van der Waals surface area contributed by atoms with Crippen LogP contribution in [0.3, 0.4) is 0 Å². The Balaban J connectivity index is 1.41. The molecule has 0 unspecified atom stereocenters. The maximum atomic E-state index is 13.1. The number of hydrogen-bond donors (Lipinski definition) is 0. The Labute approximate surface area is 154 Å². The van der Waals surface area contributed by atoms with Gasteiger partial charge in [0.05, 0.1) is 11.3 Å². The molecular weight excluding hydrogens is 351 g/mol. The van der Waals surface area contributed by atoms with E-state index in [1.807, 2.05) is 10.3 Å². The summed E-state index contributed by atoms with van der Waals surface area (Å²) in [6, 6.07) is 9.92. The fraction of sp³-hybridized carbons (Fsp3) is 0.211. The van der Waals surface area contributed by atoms with Crippen molar-refractivity contribution in [1.29, 1.82) is 0 Å². The summed E-state index contributed by atoms with van der Waals surface area (Å²) in [5, 5.41) is 2.91. The Morgan fingerprint density at radius 3 is 2.54 bits per heavy atom. The van der Waals surface area contributed by atoms with Crippen molar-refractivity contribution in [3.8, 4) is 11.3 Å². The van der Waals surface area contributed by atoms with Crippen molar-refractivity contribution in [1.82, 2.24) is 14.9 Å². The number of halogens is 1. The molecule has 1 aliphatic heterocycles. The average molecular weight is 368 g/mol. The summed E-state index contributed by atoms with van der Waals surface area (Å²) in [7, 11) is 0. The number of nitrogens with zero attached hydrogens (tertiary/aromatic N) is 4. The molecule has 3 aromatic rings. The van der Waals surface area contributed by atoms with Gasteiger partial charge in [0.15, 0.2) is 5.13 Å². The van der Waals surface area contributed by atoms with Gasteiger partial charge in [0.2, 0.25) is 0 Å². The number of carbonyl (C=O) groups is 1. The van der Waals surface area contributed by atoms with Crippen molar-refractivity contribution in [2.75, 3.05) is 31.1 Å². The smallest absolute Gasteiger partial charge is 0.255 e. The van der Waals surface area contributed by atoms with E-state index < -0.39 is 0 Å². The van der Waals surface area contributed by atoms with Gasteiger partial charge in [-0.3, -0.25) is 9.78 Å². The minimum Gasteiger partial charge on any atom is -0.345 e. The summed E-state index contributed by atoms with van der Waals surface area (Å²) in [5.74, 6) is -0.234. The number of amides is 1. The molecule has 0 aliphatic carbocycles. The van der Waals surface area contributed by atoms with E-state index in [1.54, 1.807) is 48.0 Å². The monoisotopic (exact) mass is 368 g/mol. The number of hydrogen-bond acceptors (Lipinski definition) is 5. The van der Waals surface area contributed by atoms with Gasteiger partial charge in [-0.05, 0) is 36.4 Å². The highest BCUT2D eigenvalue weighted by Gasteiger charge is 2.23. The zero-order chi connectivity index (χ0) is 17.9. The van der Waals surface area contributed by atoms with Gasteiger partial charge in [0, 0.05) is 49.5 Å². The van der Waals surface area contributed by atoms with E-state index in [-0.39, 0.29) is 11.7 Å². The zero-order valence-electron chi connectivity index (χ0n) is 14.0. The lowest BCUT2D eigenvalue weighted by Crippen LogP contribution is -2.48. The number of benzene rings is 1. The topological polar surface area (TPSA) is 49.3 Å². The number of piperazine rings is 1. The highest BCUT2D eigenvalue weighted by Crippen LogP contribution is 2.28. The van der Waals surface area contributed by atoms with Crippen LogP contribution in [-0.2, 0) is 0 Å². The Bertz CT molecular complexity index is 889. The van der Waals surface area contributed by atoms with Crippen molar-refractivity contribution < 1.29 is 9.18 Å². The molecule has 1 aliphatic rings. The van der Waals surface area contributed by atoms with Crippen molar-refractivity contribution >= 4 is 22.4 Å². The molecule has 0 radical (unpaired) electrons. The van der Waals surface area contributed by atoms with Crippen LogP contribution < -0.4 is 4.90 Å². The van der Waals surface area contributed by atoms with Crippen LogP contribution in [0.1, 0.15) is 10.4 Å². The summed E-state index contributed by atoms with van der Waals surface area (Å²) >= 11 is 1.57. The van der Waals surface area contributed by atoms with Gasteiger partial charge >= 0.3 is 0 Å². The highest BCUT2D eigenvalue weighted by atomic mass is 32.1. The SMILES string of the molecule is O=C(c1cccnc1)N1CCN(c2nc(-c3ccc(F)cc3)cs2)CC1. The maximum Gasteiger partial charge on any atom is 0.255 e. The molecule has 5 nitrogen and oxygen atoms in total. The van der Waals surface area contributed by atoms with E-state index in [2.05, 4.69) is 14.9 Å². The number of aromatic nitrogens is 2. The highest BCUT2D eigenvalue weighted by molar-refractivity contribution is 7.14. The van der Waals surface area contributed by atoms with E-state index in [9.17, 15) is 9.18 Å². The largest absolute Gasteiger partial charge is 0.345 e. The molecule has 3 heterocycles. The quantitative estimate of drug-likeness (QED) is 0.712. The molecule has 132 valence electrons. The van der Waals surface area contributed by atoms with E-state index in [4.69, 9.17) is 0 Å². The molecule has 1 fully saturated rings. The van der Waals surface area contributed by atoms with Crippen molar-refractivity contribution in [2.24, 2.45) is 0 Å². The molecule has 0 bridgehead atoms. The second kappa shape index (κ2) is 7.21. The lowest BCUT2D eigenvalue weighted by molar-refractivity contribution is 0.0746. The predicted molar refractivity (Wildman–Crippen MR) is 99.9 cm³/mol. The standard InChI is InChI=1S/C19H17FN4OS/c20-16-5-3-14(4-6-16)17-13-26-19(22-17)24-10-8-23(9-11-24)18(25)15-2-1-7-21-12-15/h1-7,12-13H,8-11H2. The lowest BCUT2D eigenvalue weighted by atomic mass is 10.2. The molecule has 4 rings (SSSR count). The molecule has 0 N–H and O–H groups in total. The normalized spacial score (nSPS) is 14.5. The van der Waals surface area contributed by atoms with Gasteiger partial charge in [-0.2, -0.15) is 0 Å². The molecular formula is C19H17FN4OS. The van der Waals surface area contributed by atoms with Gasteiger partial charge in [0.1, 0.15) is 5.82 Å². The van der Waals surface area contributed by atoms with Crippen LogP contribution in [0.2, 0.25) is 0 Å². The molecule has 0 spiro atoms. The first kappa shape index (κ1) is 16.7. The first-order valence-corrected chi connectivity index (χ1v) is 9.24. The number of pyridine rings is 1. The second-order valence-electron chi connectivity index (χ2n) is 6.04. The summed E-state index contributed by atoms with van der Waals surface area (Å²) in [6.45, 7) is 2.78. The molecule has 26 heavy (non-hydrogen) atoms. The molecule has 0 atom stereocenters. The van der Waals surface area contributed by atoms with Gasteiger partial charge in [-0.25, -0.2) is 9.37 Å². The predicted octanol–water partition coefficient (Wildman–Crippen LogP) is 3.31. The fourth-order valence-corrected chi connectivity index (χ4v) is 3.82. The van der Waals surface area contributed by atoms with Crippen LogP contribution in [0.25, 0.3) is 11.3 Å². The Morgan fingerprint density at radius 2 is 1.85 bits per heavy atom. The summed E-state index contributed by atoms with van der Waals surface area (Å²) in [4.78, 5) is 25.2. The third kappa shape index (κ3) is 3.43. The van der Waals surface area contributed by atoms with E-state index in [0.717, 1.165) is 29.5 Å². The second-order valence-corrected chi connectivity index (χ2v) is 6.88. The van der Waals surface area contributed by atoms with Crippen molar-refractivity contribution in [3.63, 3.8) is 0 Å². The summed E-state index contributed by atoms with van der Waals surface area (Å²) < 4.78 is 13.1. The van der Waals surface area contributed by atoms with Gasteiger partial charge in [-0.1, -0.05) is 0 Å². The van der Waals surface area contributed by atoms with Crippen molar-refractivity contribution in [2.45, 2.75) is 0 Å². The summed E-state index contributed by atoms with van der Waals surface area (Å²) in [6.07, 6.45) is 3.26. The third-order valence-electron chi connectivity index (χ3n) is 4.38. The minimum absolute atomic E-state index is 0.0175. The van der Waals surface area contributed by atoms with Crippen LogP contribution in [0, 0.1) is 5.82 Å². The van der Waals surface area contributed by atoms with Gasteiger partial charge in [0.25, 0.3) is 5.91 Å².